The number of benzene rings is 1. The fourth-order valence-corrected chi connectivity index (χ4v) is 1.38. The number of carbonyl (C=O) groups is 1. The molecule has 0 aliphatic carbocycles. The number of halogens is 2. The van der Waals surface area contributed by atoms with Crippen molar-refractivity contribution in [1.29, 1.82) is 0 Å². The van der Waals surface area contributed by atoms with Crippen LogP contribution in [0.15, 0.2) is 35.0 Å². The number of nitrogens with one attached hydrogen (secondary N) is 2. The van der Waals surface area contributed by atoms with Gasteiger partial charge in [0.25, 0.3) is 0 Å². The smallest absolute Gasteiger partial charge is 0.319 e. The molecule has 2 amide bonds. The molecular weight excluding hydrogens is 264 g/mol. The van der Waals surface area contributed by atoms with Crippen LogP contribution in [0.5, 0.6) is 0 Å². The number of anilines is 1. The summed E-state index contributed by atoms with van der Waals surface area (Å²) in [6.45, 7) is 4.09. The van der Waals surface area contributed by atoms with Gasteiger partial charge in [-0.15, -0.1) is 0 Å². The van der Waals surface area contributed by atoms with Gasteiger partial charge in [-0.1, -0.05) is 6.92 Å². The van der Waals surface area contributed by atoms with Gasteiger partial charge in [-0.3, -0.25) is 4.99 Å². The van der Waals surface area contributed by atoms with Crippen LogP contribution in [0.4, 0.5) is 19.3 Å². The van der Waals surface area contributed by atoms with Crippen LogP contribution in [-0.2, 0) is 0 Å². The number of nitrogens with zero attached hydrogens (tertiary/aromatic N) is 1. The lowest BCUT2D eigenvalue weighted by molar-refractivity contribution is 0.252. The topological polar surface area (TPSA) is 53.5 Å². The van der Waals surface area contributed by atoms with E-state index in [1.807, 2.05) is 6.92 Å². The lowest BCUT2D eigenvalue weighted by atomic mass is 10.2. The first-order valence-electron chi connectivity index (χ1n) is 6.22. The Kier molecular flexibility index (Phi) is 6.36. The Bertz CT molecular complexity index is 527. The number of carbonyl (C=O) groups excluding carboxylic acids is 1. The van der Waals surface area contributed by atoms with Crippen molar-refractivity contribution >= 4 is 17.9 Å². The molecule has 0 aliphatic rings. The number of urea groups is 1. The van der Waals surface area contributed by atoms with Gasteiger partial charge in [0.05, 0.1) is 0 Å². The Morgan fingerprint density at radius 1 is 1.35 bits per heavy atom. The van der Waals surface area contributed by atoms with Gasteiger partial charge in [0.2, 0.25) is 0 Å². The summed E-state index contributed by atoms with van der Waals surface area (Å²) in [5.74, 6) is -1.96. The van der Waals surface area contributed by atoms with E-state index in [1.165, 1.54) is 6.07 Å². The molecule has 6 heteroatoms. The number of amides is 2. The van der Waals surface area contributed by atoms with Crippen LogP contribution < -0.4 is 10.6 Å². The average Bonchev–Trinajstić information content (AvgIpc) is 2.43. The average molecular weight is 281 g/mol. The molecule has 0 heterocycles. The minimum Gasteiger partial charge on any atom is -0.334 e. The Balaban J connectivity index is 2.53. The van der Waals surface area contributed by atoms with Crippen LogP contribution in [-0.4, -0.2) is 18.8 Å². The van der Waals surface area contributed by atoms with Gasteiger partial charge in [0.1, 0.15) is 0 Å². The van der Waals surface area contributed by atoms with Crippen molar-refractivity contribution in [3.8, 4) is 0 Å². The third-order valence-electron chi connectivity index (χ3n) is 2.51. The maximum absolute atomic E-state index is 13.0. The number of hydrogen-bond donors (Lipinski definition) is 2. The molecule has 0 fully saturated rings. The standard InChI is InChI=1S/C14H17F2N3O/c1-3-10(8-17-4-2)9-18-14(20)19-11-5-6-12(15)13(16)7-11/h4-8H,3,9H2,1-2H3,(H2,18,19,20)/b10-8+,17-4?. The molecule has 2 N–H and O–H groups in total. The quantitative estimate of drug-likeness (QED) is 0.798. The zero-order valence-electron chi connectivity index (χ0n) is 11.4. The van der Waals surface area contributed by atoms with Gasteiger partial charge in [-0.2, -0.15) is 0 Å². The molecule has 0 saturated carbocycles. The molecule has 1 aromatic carbocycles. The Morgan fingerprint density at radius 2 is 2.10 bits per heavy atom. The zero-order chi connectivity index (χ0) is 15.0. The predicted octanol–water partition coefficient (Wildman–Crippen LogP) is 3.47. The maximum Gasteiger partial charge on any atom is 0.319 e. The Hall–Kier alpha value is -2.24. The molecule has 0 aliphatic heterocycles. The van der Waals surface area contributed by atoms with E-state index < -0.39 is 17.7 Å². The van der Waals surface area contributed by atoms with E-state index in [0.717, 1.165) is 24.1 Å². The zero-order valence-corrected chi connectivity index (χ0v) is 11.4. The number of hydrogen-bond acceptors (Lipinski definition) is 2. The Labute approximate surface area is 116 Å². The fraction of sp³-hybridized carbons (Fsp3) is 0.286. The van der Waals surface area contributed by atoms with Crippen molar-refractivity contribution in [2.45, 2.75) is 20.3 Å². The number of rotatable bonds is 5. The summed E-state index contributed by atoms with van der Waals surface area (Å²) in [7, 11) is 0. The minimum absolute atomic E-state index is 0.190. The second kappa shape index (κ2) is 8.04. The monoisotopic (exact) mass is 281 g/mol. The highest BCUT2D eigenvalue weighted by molar-refractivity contribution is 5.89. The molecule has 0 saturated heterocycles. The number of aliphatic imine (C=N–C) groups is 1. The summed E-state index contributed by atoms with van der Waals surface area (Å²) in [6, 6.07) is 2.68. The summed E-state index contributed by atoms with van der Waals surface area (Å²) < 4.78 is 25.7. The molecule has 4 nitrogen and oxygen atoms in total. The molecule has 108 valence electrons. The highest BCUT2D eigenvalue weighted by Gasteiger charge is 2.06. The van der Waals surface area contributed by atoms with Gasteiger partial charge in [-0.25, -0.2) is 13.6 Å². The van der Waals surface area contributed by atoms with Crippen molar-refractivity contribution in [3.05, 3.63) is 41.6 Å². The first-order chi connectivity index (χ1) is 9.56. The minimum atomic E-state index is -1.01. The van der Waals surface area contributed by atoms with E-state index in [4.69, 9.17) is 0 Å². The van der Waals surface area contributed by atoms with Crippen LogP contribution in [0.1, 0.15) is 20.3 Å². The largest absolute Gasteiger partial charge is 0.334 e. The van der Waals surface area contributed by atoms with Crippen molar-refractivity contribution < 1.29 is 13.6 Å². The fourth-order valence-electron chi connectivity index (χ4n) is 1.38. The third kappa shape index (κ3) is 5.17. The maximum atomic E-state index is 13.0. The van der Waals surface area contributed by atoms with E-state index in [0.29, 0.717) is 6.54 Å². The van der Waals surface area contributed by atoms with Crippen LogP contribution in [0, 0.1) is 11.6 Å². The first-order valence-corrected chi connectivity index (χ1v) is 6.22. The summed E-state index contributed by atoms with van der Waals surface area (Å²) in [6.07, 6.45) is 4.08. The van der Waals surface area contributed by atoms with Crippen LogP contribution in [0.2, 0.25) is 0 Å². The molecule has 0 bridgehead atoms. The SMILES string of the molecule is CC=N/C=C(\CC)CNC(=O)Nc1ccc(F)c(F)c1. The molecule has 0 atom stereocenters. The second-order valence-corrected chi connectivity index (χ2v) is 3.98. The van der Waals surface area contributed by atoms with E-state index in [9.17, 15) is 13.6 Å². The van der Waals surface area contributed by atoms with Gasteiger partial charge >= 0.3 is 6.03 Å². The van der Waals surface area contributed by atoms with Gasteiger partial charge in [-0.05, 0) is 31.1 Å². The second-order valence-electron chi connectivity index (χ2n) is 3.98. The van der Waals surface area contributed by atoms with E-state index >= 15 is 0 Å². The normalized spacial score (nSPS) is 11.7. The molecular formula is C14H17F2N3O. The highest BCUT2D eigenvalue weighted by Crippen LogP contribution is 2.12. The Morgan fingerprint density at radius 3 is 2.70 bits per heavy atom. The van der Waals surface area contributed by atoms with Crippen LogP contribution >= 0.6 is 0 Å². The molecule has 20 heavy (non-hydrogen) atoms. The molecule has 0 aromatic heterocycles. The lowest BCUT2D eigenvalue weighted by Gasteiger charge is -2.09. The predicted molar refractivity (Wildman–Crippen MR) is 75.9 cm³/mol. The highest BCUT2D eigenvalue weighted by atomic mass is 19.2. The van der Waals surface area contributed by atoms with Crippen molar-refractivity contribution in [1.82, 2.24) is 5.32 Å². The van der Waals surface area contributed by atoms with Gasteiger partial charge in [0.15, 0.2) is 11.6 Å². The van der Waals surface area contributed by atoms with Crippen molar-refractivity contribution in [2.24, 2.45) is 4.99 Å². The third-order valence-corrected chi connectivity index (χ3v) is 2.51. The molecule has 1 rings (SSSR count). The van der Waals surface area contributed by atoms with E-state index in [-0.39, 0.29) is 5.69 Å². The summed E-state index contributed by atoms with van der Waals surface area (Å²) in [4.78, 5) is 15.6. The molecule has 1 aromatic rings. The van der Waals surface area contributed by atoms with Crippen LogP contribution in [0.25, 0.3) is 0 Å². The summed E-state index contributed by atoms with van der Waals surface area (Å²) >= 11 is 0. The summed E-state index contributed by atoms with van der Waals surface area (Å²) in [5, 5.41) is 5.04. The molecule has 0 unspecified atom stereocenters. The van der Waals surface area contributed by atoms with Gasteiger partial charge < -0.3 is 10.6 Å². The van der Waals surface area contributed by atoms with Crippen molar-refractivity contribution in [3.63, 3.8) is 0 Å². The van der Waals surface area contributed by atoms with E-state index in [1.54, 1.807) is 19.3 Å². The van der Waals surface area contributed by atoms with E-state index in [2.05, 4.69) is 15.6 Å². The molecule has 0 radical (unpaired) electrons. The van der Waals surface area contributed by atoms with Crippen molar-refractivity contribution in [2.75, 3.05) is 11.9 Å². The van der Waals surface area contributed by atoms with Gasteiger partial charge in [0, 0.05) is 30.7 Å². The lowest BCUT2D eigenvalue weighted by Crippen LogP contribution is -2.30. The summed E-state index contributed by atoms with van der Waals surface area (Å²) in [5.41, 5.74) is 1.14. The molecule has 0 spiro atoms. The van der Waals surface area contributed by atoms with Crippen LogP contribution in [0.3, 0.4) is 0 Å². The first kappa shape index (κ1) is 15.8.